The molecule has 0 fully saturated rings. The number of para-hydroxylation sites is 3. The largest absolute Gasteiger partial charge is 0.454 e. The molecule has 2 heteroatoms. The number of hydrogen-bond acceptors (Lipinski definition) is 2. The lowest BCUT2D eigenvalue weighted by Gasteiger charge is -2.25. The summed E-state index contributed by atoms with van der Waals surface area (Å²) >= 11 is 0. The Kier molecular flexibility index (Phi) is 4.70. The van der Waals surface area contributed by atoms with Crippen LogP contribution in [0.2, 0.25) is 0 Å². The van der Waals surface area contributed by atoms with Crippen LogP contribution in [0.5, 0.6) is 0 Å². The summed E-state index contributed by atoms with van der Waals surface area (Å²) < 4.78 is 6.37. The van der Waals surface area contributed by atoms with Crippen molar-refractivity contribution in [3.63, 3.8) is 0 Å². The summed E-state index contributed by atoms with van der Waals surface area (Å²) in [5.41, 5.74) is 8.70. The van der Waals surface area contributed by atoms with E-state index in [0.717, 1.165) is 39.0 Å². The second-order valence-electron chi connectivity index (χ2n) is 8.34. The molecule has 33 heavy (non-hydrogen) atoms. The van der Waals surface area contributed by atoms with E-state index in [1.54, 1.807) is 0 Å². The number of hydrogen-bond donors (Lipinski definition) is 0. The third kappa shape index (κ3) is 3.46. The van der Waals surface area contributed by atoms with Gasteiger partial charge in [0, 0.05) is 22.1 Å². The zero-order valence-electron chi connectivity index (χ0n) is 18.4. The van der Waals surface area contributed by atoms with Gasteiger partial charge in [-0.15, -0.1) is 0 Å². The predicted octanol–water partition coefficient (Wildman–Crippen LogP) is 9.03. The van der Waals surface area contributed by atoms with E-state index in [1.165, 1.54) is 16.7 Å². The van der Waals surface area contributed by atoms with E-state index in [9.17, 15) is 0 Å². The molecule has 158 valence electrons. The molecule has 0 N–H and O–H groups in total. The van der Waals surface area contributed by atoms with Gasteiger partial charge in [0.25, 0.3) is 0 Å². The lowest BCUT2D eigenvalue weighted by molar-refractivity contribution is 0.669. The highest BCUT2D eigenvalue weighted by molar-refractivity contribution is 6.10. The van der Waals surface area contributed by atoms with E-state index < -0.39 is 0 Å². The summed E-state index contributed by atoms with van der Waals surface area (Å²) in [6.07, 6.45) is 0. The van der Waals surface area contributed by atoms with Crippen molar-refractivity contribution in [3.05, 3.63) is 127 Å². The van der Waals surface area contributed by atoms with Gasteiger partial charge in [0.2, 0.25) is 0 Å². The van der Waals surface area contributed by atoms with Crippen molar-refractivity contribution in [2.24, 2.45) is 0 Å². The molecule has 0 saturated heterocycles. The van der Waals surface area contributed by atoms with Gasteiger partial charge >= 0.3 is 0 Å². The summed E-state index contributed by atoms with van der Waals surface area (Å²) in [4.78, 5) is 2.27. The zero-order chi connectivity index (χ0) is 22.2. The van der Waals surface area contributed by atoms with Crippen molar-refractivity contribution >= 4 is 39.0 Å². The molecule has 5 aromatic carbocycles. The van der Waals surface area contributed by atoms with Gasteiger partial charge in [-0.3, -0.25) is 0 Å². The smallest absolute Gasteiger partial charge is 0.159 e. The van der Waals surface area contributed by atoms with Crippen LogP contribution in [0.25, 0.3) is 33.1 Å². The summed E-state index contributed by atoms with van der Waals surface area (Å²) in [6, 6.07) is 42.4. The fraction of sp³-hybridized carbons (Fsp3) is 0.0323. The molecule has 1 heterocycles. The number of nitrogens with zero attached hydrogens (tertiary/aromatic N) is 1. The Labute approximate surface area is 193 Å². The minimum absolute atomic E-state index is 0.894. The van der Waals surface area contributed by atoms with Gasteiger partial charge in [0.05, 0.1) is 5.69 Å². The molecule has 0 bridgehead atoms. The van der Waals surface area contributed by atoms with Crippen LogP contribution in [0, 0.1) is 6.92 Å². The van der Waals surface area contributed by atoms with E-state index in [2.05, 4.69) is 115 Å². The molecule has 6 rings (SSSR count). The molecular formula is C31H23NO. The van der Waals surface area contributed by atoms with Crippen LogP contribution < -0.4 is 4.90 Å². The minimum Gasteiger partial charge on any atom is -0.454 e. The summed E-state index contributed by atoms with van der Waals surface area (Å²) in [5.74, 6) is 0. The van der Waals surface area contributed by atoms with Crippen LogP contribution in [0.1, 0.15) is 5.56 Å². The van der Waals surface area contributed by atoms with E-state index in [1.807, 2.05) is 18.2 Å². The van der Waals surface area contributed by atoms with Crippen molar-refractivity contribution in [2.45, 2.75) is 6.92 Å². The predicted molar refractivity (Wildman–Crippen MR) is 139 cm³/mol. The van der Waals surface area contributed by atoms with Crippen molar-refractivity contribution in [1.82, 2.24) is 0 Å². The number of benzene rings is 5. The first kappa shape index (κ1) is 19.4. The van der Waals surface area contributed by atoms with Crippen LogP contribution in [0.3, 0.4) is 0 Å². The Morgan fingerprint density at radius 3 is 2.06 bits per heavy atom. The van der Waals surface area contributed by atoms with Crippen LogP contribution in [0.15, 0.2) is 126 Å². The summed E-state index contributed by atoms with van der Waals surface area (Å²) in [7, 11) is 0. The first-order valence-electron chi connectivity index (χ1n) is 11.2. The van der Waals surface area contributed by atoms with Gasteiger partial charge in [0.15, 0.2) is 5.58 Å². The van der Waals surface area contributed by atoms with Crippen molar-refractivity contribution in [1.29, 1.82) is 0 Å². The first-order valence-corrected chi connectivity index (χ1v) is 11.2. The van der Waals surface area contributed by atoms with E-state index in [-0.39, 0.29) is 0 Å². The Balaban J connectivity index is 1.53. The highest BCUT2D eigenvalue weighted by Crippen LogP contribution is 2.42. The molecule has 1 aromatic heterocycles. The Morgan fingerprint density at radius 1 is 0.545 bits per heavy atom. The molecule has 0 atom stereocenters. The number of fused-ring (bicyclic) bond motifs is 3. The van der Waals surface area contributed by atoms with Crippen LogP contribution in [-0.2, 0) is 0 Å². The molecule has 0 aliphatic heterocycles. The van der Waals surface area contributed by atoms with E-state index in [4.69, 9.17) is 4.42 Å². The standard InChI is InChI=1S/C31H23NO/c1-22-9-7-10-24(21-22)23-17-19-26(20-18-23)32(25-11-3-2-4-12-25)29-15-8-14-28-27-13-5-6-16-30(27)33-31(28)29/h2-21H,1H3. The van der Waals surface area contributed by atoms with Crippen LogP contribution in [-0.4, -0.2) is 0 Å². The Morgan fingerprint density at radius 2 is 1.24 bits per heavy atom. The molecule has 0 saturated carbocycles. The molecule has 0 aliphatic rings. The molecule has 0 amide bonds. The zero-order valence-corrected chi connectivity index (χ0v) is 18.4. The van der Waals surface area contributed by atoms with Crippen LogP contribution >= 0.6 is 0 Å². The SMILES string of the molecule is Cc1cccc(-c2ccc(N(c3ccccc3)c3cccc4c3oc3ccccc34)cc2)c1. The minimum atomic E-state index is 0.894. The fourth-order valence-electron chi connectivity index (χ4n) is 4.54. The van der Waals surface area contributed by atoms with Gasteiger partial charge in [-0.25, -0.2) is 0 Å². The van der Waals surface area contributed by atoms with Gasteiger partial charge in [-0.2, -0.15) is 0 Å². The second kappa shape index (κ2) is 7.99. The number of aryl methyl sites for hydroxylation is 1. The lowest BCUT2D eigenvalue weighted by atomic mass is 10.0. The van der Waals surface area contributed by atoms with Crippen LogP contribution in [0.4, 0.5) is 17.1 Å². The molecule has 6 aromatic rings. The van der Waals surface area contributed by atoms with Crippen molar-refractivity contribution < 1.29 is 4.42 Å². The number of rotatable bonds is 4. The maximum atomic E-state index is 6.37. The second-order valence-corrected chi connectivity index (χ2v) is 8.34. The van der Waals surface area contributed by atoms with E-state index in [0.29, 0.717) is 0 Å². The third-order valence-corrected chi connectivity index (χ3v) is 6.12. The quantitative estimate of drug-likeness (QED) is 0.280. The highest BCUT2D eigenvalue weighted by atomic mass is 16.3. The maximum Gasteiger partial charge on any atom is 0.159 e. The topological polar surface area (TPSA) is 16.4 Å². The number of anilines is 3. The molecule has 0 spiro atoms. The Hall–Kier alpha value is -4.30. The normalized spacial score (nSPS) is 11.2. The molecule has 0 radical (unpaired) electrons. The summed E-state index contributed by atoms with van der Waals surface area (Å²) in [5, 5.41) is 2.26. The van der Waals surface area contributed by atoms with Gasteiger partial charge in [-0.1, -0.05) is 90.5 Å². The summed E-state index contributed by atoms with van der Waals surface area (Å²) in [6.45, 7) is 2.13. The van der Waals surface area contributed by atoms with Gasteiger partial charge in [0.1, 0.15) is 5.58 Å². The van der Waals surface area contributed by atoms with E-state index >= 15 is 0 Å². The monoisotopic (exact) mass is 425 g/mol. The van der Waals surface area contributed by atoms with Gasteiger partial charge < -0.3 is 9.32 Å². The highest BCUT2D eigenvalue weighted by Gasteiger charge is 2.18. The first-order chi connectivity index (χ1) is 16.3. The van der Waals surface area contributed by atoms with Crippen molar-refractivity contribution in [3.8, 4) is 11.1 Å². The Bertz CT molecular complexity index is 1560. The molecule has 2 nitrogen and oxygen atoms in total. The maximum absolute atomic E-state index is 6.37. The average Bonchev–Trinajstić information content (AvgIpc) is 3.25. The molecular weight excluding hydrogens is 402 g/mol. The third-order valence-electron chi connectivity index (χ3n) is 6.12. The average molecular weight is 426 g/mol. The molecule has 0 aliphatic carbocycles. The lowest BCUT2D eigenvalue weighted by Crippen LogP contribution is -2.10. The number of furan rings is 1. The fourth-order valence-corrected chi connectivity index (χ4v) is 4.54. The molecule has 0 unspecified atom stereocenters. The van der Waals surface area contributed by atoms with Gasteiger partial charge in [-0.05, 0) is 54.4 Å². The van der Waals surface area contributed by atoms with Crippen molar-refractivity contribution in [2.75, 3.05) is 4.90 Å².